The van der Waals surface area contributed by atoms with Crippen molar-refractivity contribution < 1.29 is 0 Å². The Labute approximate surface area is 98.5 Å². The minimum atomic E-state index is 0.0681. The lowest BCUT2D eigenvalue weighted by atomic mass is 10.1. The predicted molar refractivity (Wildman–Crippen MR) is 64.9 cm³/mol. The van der Waals surface area contributed by atoms with E-state index in [1.807, 2.05) is 30.9 Å². The number of hydrazine groups is 1. The van der Waals surface area contributed by atoms with Crippen LogP contribution in [-0.2, 0) is 6.42 Å². The fraction of sp³-hybridized carbons (Fsp3) is 0.273. The molecule has 0 spiro atoms. The van der Waals surface area contributed by atoms with Crippen LogP contribution in [0.25, 0.3) is 0 Å². The summed E-state index contributed by atoms with van der Waals surface area (Å²) in [5.74, 6) is 5.57. The number of aromatic nitrogens is 2. The van der Waals surface area contributed by atoms with E-state index in [0.717, 1.165) is 22.6 Å². The third-order valence-electron chi connectivity index (χ3n) is 2.36. The summed E-state index contributed by atoms with van der Waals surface area (Å²) in [7, 11) is 0. The van der Waals surface area contributed by atoms with Crippen LogP contribution in [0, 0.1) is 6.92 Å². The Morgan fingerprint density at radius 1 is 1.50 bits per heavy atom. The first kappa shape index (κ1) is 11.2. The maximum Gasteiger partial charge on any atom is 0.0944 e. The van der Waals surface area contributed by atoms with Gasteiger partial charge in [-0.2, -0.15) is 0 Å². The van der Waals surface area contributed by atoms with Crippen LogP contribution in [-0.4, -0.2) is 9.97 Å². The molecule has 0 radical (unpaired) electrons. The van der Waals surface area contributed by atoms with E-state index in [1.165, 1.54) is 0 Å². The zero-order valence-corrected chi connectivity index (χ0v) is 9.87. The van der Waals surface area contributed by atoms with Gasteiger partial charge in [0, 0.05) is 30.4 Å². The summed E-state index contributed by atoms with van der Waals surface area (Å²) in [6.07, 6.45) is 6.27. The van der Waals surface area contributed by atoms with Crippen molar-refractivity contribution in [1.29, 1.82) is 0 Å². The number of pyridine rings is 1. The normalized spacial score (nSPS) is 12.6. The van der Waals surface area contributed by atoms with E-state index < -0.39 is 0 Å². The van der Waals surface area contributed by atoms with Gasteiger partial charge in [-0.3, -0.25) is 16.3 Å². The molecule has 4 nitrogen and oxygen atoms in total. The van der Waals surface area contributed by atoms with Crippen molar-refractivity contribution in [3.05, 3.63) is 46.2 Å². The highest BCUT2D eigenvalue weighted by Crippen LogP contribution is 2.18. The van der Waals surface area contributed by atoms with E-state index in [1.54, 1.807) is 11.3 Å². The predicted octanol–water partition coefficient (Wildman–Crippen LogP) is 1.59. The van der Waals surface area contributed by atoms with Crippen LogP contribution < -0.4 is 11.3 Å². The smallest absolute Gasteiger partial charge is 0.0944 e. The molecule has 0 amide bonds. The standard InChI is InChI=1S/C11H14N4S/c1-8-4-9(7-13-6-8)10(15-12)5-11-14-2-3-16-11/h2-4,6-7,10,15H,5,12H2,1H3. The molecule has 0 saturated heterocycles. The van der Waals surface area contributed by atoms with Gasteiger partial charge in [-0.25, -0.2) is 4.98 Å². The molecular formula is C11H14N4S. The second-order valence-corrected chi connectivity index (χ2v) is 4.62. The zero-order valence-electron chi connectivity index (χ0n) is 9.05. The van der Waals surface area contributed by atoms with Gasteiger partial charge in [-0.1, -0.05) is 6.07 Å². The first-order valence-corrected chi connectivity index (χ1v) is 5.93. The molecule has 2 heterocycles. The van der Waals surface area contributed by atoms with Gasteiger partial charge in [0.25, 0.3) is 0 Å². The SMILES string of the molecule is Cc1cncc(C(Cc2nccs2)NN)c1. The molecule has 0 saturated carbocycles. The topological polar surface area (TPSA) is 63.8 Å². The number of aryl methyl sites for hydroxylation is 1. The number of thiazole rings is 1. The first-order valence-electron chi connectivity index (χ1n) is 5.05. The van der Waals surface area contributed by atoms with Crippen molar-refractivity contribution in [2.45, 2.75) is 19.4 Å². The maximum absolute atomic E-state index is 5.57. The fourth-order valence-corrected chi connectivity index (χ4v) is 2.23. The number of nitrogens with zero attached hydrogens (tertiary/aromatic N) is 2. The highest BCUT2D eigenvalue weighted by atomic mass is 32.1. The zero-order chi connectivity index (χ0) is 11.4. The summed E-state index contributed by atoms with van der Waals surface area (Å²) in [6, 6.07) is 2.16. The molecule has 0 bridgehead atoms. The molecule has 1 unspecified atom stereocenters. The Morgan fingerprint density at radius 2 is 2.38 bits per heavy atom. The Bertz CT molecular complexity index is 441. The van der Waals surface area contributed by atoms with E-state index in [9.17, 15) is 0 Å². The number of hydrogen-bond donors (Lipinski definition) is 2. The van der Waals surface area contributed by atoms with E-state index in [0.29, 0.717) is 0 Å². The van der Waals surface area contributed by atoms with E-state index in [4.69, 9.17) is 5.84 Å². The van der Waals surface area contributed by atoms with E-state index in [-0.39, 0.29) is 6.04 Å². The van der Waals surface area contributed by atoms with Gasteiger partial charge >= 0.3 is 0 Å². The van der Waals surface area contributed by atoms with Crippen LogP contribution in [0.4, 0.5) is 0 Å². The summed E-state index contributed by atoms with van der Waals surface area (Å²) in [6.45, 7) is 2.02. The average molecular weight is 234 g/mol. The second-order valence-electron chi connectivity index (χ2n) is 3.64. The van der Waals surface area contributed by atoms with Crippen molar-refractivity contribution in [2.75, 3.05) is 0 Å². The van der Waals surface area contributed by atoms with Crippen LogP contribution in [0.15, 0.2) is 30.0 Å². The largest absolute Gasteiger partial charge is 0.271 e. The summed E-state index contributed by atoms with van der Waals surface area (Å²) in [5, 5.41) is 3.04. The number of hydrogen-bond acceptors (Lipinski definition) is 5. The highest BCUT2D eigenvalue weighted by Gasteiger charge is 2.12. The third-order valence-corrected chi connectivity index (χ3v) is 3.16. The Kier molecular flexibility index (Phi) is 3.61. The molecule has 2 rings (SSSR count). The molecule has 2 aromatic heterocycles. The highest BCUT2D eigenvalue weighted by molar-refractivity contribution is 7.09. The average Bonchev–Trinajstić information content (AvgIpc) is 2.78. The lowest BCUT2D eigenvalue weighted by Crippen LogP contribution is -2.29. The van der Waals surface area contributed by atoms with Crippen molar-refractivity contribution in [3.8, 4) is 0 Å². The molecule has 0 aromatic carbocycles. The van der Waals surface area contributed by atoms with Gasteiger partial charge in [0.2, 0.25) is 0 Å². The van der Waals surface area contributed by atoms with Gasteiger partial charge < -0.3 is 0 Å². The molecule has 0 aliphatic rings. The molecule has 0 aliphatic heterocycles. The lowest BCUT2D eigenvalue weighted by molar-refractivity contribution is 0.548. The van der Waals surface area contributed by atoms with E-state index >= 15 is 0 Å². The van der Waals surface area contributed by atoms with Crippen molar-refractivity contribution in [1.82, 2.24) is 15.4 Å². The third kappa shape index (κ3) is 2.63. The van der Waals surface area contributed by atoms with E-state index in [2.05, 4.69) is 21.5 Å². The number of nitrogens with one attached hydrogen (secondary N) is 1. The minimum Gasteiger partial charge on any atom is -0.271 e. The molecule has 0 fully saturated rings. The maximum atomic E-state index is 5.57. The molecule has 2 aromatic rings. The Hall–Kier alpha value is -1.30. The molecule has 0 aliphatic carbocycles. The molecule has 84 valence electrons. The van der Waals surface area contributed by atoms with Crippen LogP contribution >= 0.6 is 11.3 Å². The molecular weight excluding hydrogens is 220 g/mol. The van der Waals surface area contributed by atoms with Gasteiger partial charge in [0.05, 0.1) is 11.0 Å². The van der Waals surface area contributed by atoms with Gasteiger partial charge in [0.1, 0.15) is 0 Å². The van der Waals surface area contributed by atoms with Gasteiger partial charge in [-0.05, 0) is 18.1 Å². The molecule has 5 heteroatoms. The van der Waals surface area contributed by atoms with Crippen LogP contribution in [0.1, 0.15) is 22.2 Å². The lowest BCUT2D eigenvalue weighted by Gasteiger charge is -2.14. The second kappa shape index (κ2) is 5.16. The molecule has 16 heavy (non-hydrogen) atoms. The number of nitrogens with two attached hydrogens (primary N) is 1. The summed E-state index contributed by atoms with van der Waals surface area (Å²) in [4.78, 5) is 8.42. The van der Waals surface area contributed by atoms with Gasteiger partial charge in [-0.15, -0.1) is 11.3 Å². The molecule has 3 N–H and O–H groups in total. The Balaban J connectivity index is 2.16. The van der Waals surface area contributed by atoms with Gasteiger partial charge in [0.15, 0.2) is 0 Å². The quantitative estimate of drug-likeness (QED) is 0.623. The summed E-state index contributed by atoms with van der Waals surface area (Å²) >= 11 is 1.64. The van der Waals surface area contributed by atoms with Crippen molar-refractivity contribution in [2.24, 2.45) is 5.84 Å². The number of rotatable bonds is 4. The first-order chi connectivity index (χ1) is 7.79. The Morgan fingerprint density at radius 3 is 3.00 bits per heavy atom. The van der Waals surface area contributed by atoms with Crippen LogP contribution in [0.3, 0.4) is 0 Å². The minimum absolute atomic E-state index is 0.0681. The summed E-state index contributed by atoms with van der Waals surface area (Å²) < 4.78 is 0. The van der Waals surface area contributed by atoms with Crippen molar-refractivity contribution in [3.63, 3.8) is 0 Å². The van der Waals surface area contributed by atoms with Crippen LogP contribution in [0.5, 0.6) is 0 Å². The van der Waals surface area contributed by atoms with Crippen molar-refractivity contribution >= 4 is 11.3 Å². The molecule has 1 atom stereocenters. The fourth-order valence-electron chi connectivity index (χ4n) is 1.57. The summed E-state index contributed by atoms with van der Waals surface area (Å²) in [5.41, 5.74) is 5.04. The van der Waals surface area contributed by atoms with Crippen LogP contribution in [0.2, 0.25) is 0 Å². The monoisotopic (exact) mass is 234 g/mol.